The number of hydrogen-bond acceptors (Lipinski definition) is 4. The van der Waals surface area contributed by atoms with Crippen LogP contribution >= 0.6 is 0 Å². The molecule has 2 aliphatic heterocycles. The molecule has 0 aliphatic carbocycles. The number of benzene rings is 2. The van der Waals surface area contributed by atoms with Gasteiger partial charge in [-0.15, -0.1) is 0 Å². The van der Waals surface area contributed by atoms with Gasteiger partial charge in [-0.3, -0.25) is 19.8 Å². The number of amides is 5. The second-order valence-electron chi connectivity index (χ2n) is 8.90. The fraction of sp³-hybridized carbons (Fsp3) is 0.360. The summed E-state index contributed by atoms with van der Waals surface area (Å²) in [5, 5.41) is 3.45. The van der Waals surface area contributed by atoms with E-state index in [-0.39, 0.29) is 24.9 Å². The first-order valence-corrected chi connectivity index (χ1v) is 11.1. The average Bonchev–Trinajstić information content (AvgIpc) is 3.31. The first-order valence-electron chi connectivity index (χ1n) is 11.1. The summed E-state index contributed by atoms with van der Waals surface area (Å²) in [6.45, 7) is 3.81. The molecule has 2 aliphatic rings. The number of hydrazine groups is 1. The molecule has 0 bridgehead atoms. The van der Waals surface area contributed by atoms with Gasteiger partial charge in [0.2, 0.25) is 11.8 Å². The van der Waals surface area contributed by atoms with Crippen molar-refractivity contribution in [3.05, 3.63) is 71.8 Å². The number of likely N-dealkylation sites (tertiary alicyclic amines) is 1. The molecule has 33 heavy (non-hydrogen) atoms. The number of nitrogens with zero attached hydrogens (tertiary/aromatic N) is 2. The van der Waals surface area contributed by atoms with Crippen LogP contribution in [0.3, 0.4) is 0 Å². The van der Waals surface area contributed by atoms with Crippen molar-refractivity contribution in [3.63, 3.8) is 0 Å². The average molecular weight is 449 g/mol. The second-order valence-corrected chi connectivity index (χ2v) is 8.90. The molecule has 3 atom stereocenters. The van der Waals surface area contributed by atoms with E-state index < -0.39 is 29.3 Å². The molecular formula is C25H28N4O4. The fourth-order valence-corrected chi connectivity index (χ4v) is 4.39. The van der Waals surface area contributed by atoms with E-state index in [0.29, 0.717) is 12.8 Å². The first-order chi connectivity index (χ1) is 15.8. The highest BCUT2D eigenvalue weighted by molar-refractivity contribution is 6.08. The summed E-state index contributed by atoms with van der Waals surface area (Å²) in [6, 6.07) is 18.4. The Bertz CT molecular complexity index is 1060. The van der Waals surface area contributed by atoms with Crippen molar-refractivity contribution < 1.29 is 19.2 Å². The van der Waals surface area contributed by atoms with Gasteiger partial charge in [-0.05, 0) is 37.8 Å². The van der Waals surface area contributed by atoms with Gasteiger partial charge in [-0.1, -0.05) is 60.7 Å². The number of rotatable bonds is 7. The molecule has 172 valence electrons. The van der Waals surface area contributed by atoms with Crippen molar-refractivity contribution in [2.45, 2.75) is 44.7 Å². The Balaban J connectivity index is 1.37. The third-order valence-corrected chi connectivity index (χ3v) is 6.52. The number of carbonyl (C=O) groups is 4. The highest BCUT2D eigenvalue weighted by atomic mass is 16.2. The van der Waals surface area contributed by atoms with Gasteiger partial charge in [0.1, 0.15) is 5.54 Å². The molecule has 2 aromatic rings. The molecule has 0 spiro atoms. The maximum absolute atomic E-state index is 13.0. The highest BCUT2D eigenvalue weighted by Crippen LogP contribution is 2.29. The van der Waals surface area contributed by atoms with Gasteiger partial charge in [0, 0.05) is 13.0 Å². The summed E-state index contributed by atoms with van der Waals surface area (Å²) in [5.41, 5.74) is 3.37. The maximum atomic E-state index is 13.0. The molecule has 4 rings (SSSR count). The summed E-state index contributed by atoms with van der Waals surface area (Å²) in [7, 11) is 0. The molecule has 0 radical (unpaired) electrons. The van der Waals surface area contributed by atoms with Gasteiger partial charge in [0.05, 0.1) is 12.0 Å². The number of aryl methyl sites for hydroxylation is 1. The second kappa shape index (κ2) is 9.05. The van der Waals surface area contributed by atoms with Crippen LogP contribution in [0.5, 0.6) is 0 Å². The van der Waals surface area contributed by atoms with Crippen molar-refractivity contribution in [1.82, 2.24) is 20.7 Å². The summed E-state index contributed by atoms with van der Waals surface area (Å²) in [6.07, 6.45) is 1.05. The van der Waals surface area contributed by atoms with Crippen molar-refractivity contribution in [2.75, 3.05) is 6.54 Å². The number of urea groups is 1. The third-order valence-electron chi connectivity index (χ3n) is 6.52. The van der Waals surface area contributed by atoms with Crippen LogP contribution in [-0.4, -0.2) is 45.7 Å². The van der Waals surface area contributed by atoms with Gasteiger partial charge in [0.15, 0.2) is 0 Å². The molecule has 2 saturated heterocycles. The van der Waals surface area contributed by atoms with E-state index in [0.717, 1.165) is 16.1 Å². The van der Waals surface area contributed by atoms with Gasteiger partial charge >= 0.3 is 6.03 Å². The zero-order valence-electron chi connectivity index (χ0n) is 18.8. The highest BCUT2D eigenvalue weighted by Gasteiger charge is 2.49. The van der Waals surface area contributed by atoms with E-state index in [4.69, 9.17) is 0 Å². The van der Waals surface area contributed by atoms with E-state index in [1.54, 1.807) is 11.8 Å². The molecule has 8 heteroatoms. The lowest BCUT2D eigenvalue weighted by Crippen LogP contribution is -2.50. The number of imide groups is 1. The summed E-state index contributed by atoms with van der Waals surface area (Å²) < 4.78 is 0. The molecule has 0 saturated carbocycles. The van der Waals surface area contributed by atoms with E-state index in [2.05, 4.69) is 10.7 Å². The molecule has 2 fully saturated rings. The van der Waals surface area contributed by atoms with E-state index in [1.807, 2.05) is 67.6 Å². The fourth-order valence-electron chi connectivity index (χ4n) is 4.39. The SMILES string of the molecule is C[C@H](c1ccccc1)N1C[C@@H](C(=O)NN2C(=O)N[C@](C)(CCc3ccccc3)C2=O)CC1=O. The van der Waals surface area contributed by atoms with Crippen LogP contribution < -0.4 is 10.7 Å². The lowest BCUT2D eigenvalue weighted by atomic mass is 9.93. The topological polar surface area (TPSA) is 98.8 Å². The Kier molecular flexibility index (Phi) is 6.18. The summed E-state index contributed by atoms with van der Waals surface area (Å²) in [4.78, 5) is 52.6. The molecule has 0 aromatic heterocycles. The molecule has 2 N–H and O–H groups in total. The third kappa shape index (κ3) is 4.60. The number of carbonyl (C=O) groups excluding carboxylic acids is 4. The van der Waals surface area contributed by atoms with Gasteiger partial charge in [0.25, 0.3) is 5.91 Å². The molecule has 0 unspecified atom stereocenters. The van der Waals surface area contributed by atoms with Crippen LogP contribution in [0, 0.1) is 5.92 Å². The quantitative estimate of drug-likeness (QED) is 0.636. The van der Waals surface area contributed by atoms with Crippen LogP contribution in [0.25, 0.3) is 0 Å². The van der Waals surface area contributed by atoms with Crippen LogP contribution in [0.1, 0.15) is 43.9 Å². The minimum absolute atomic E-state index is 0.0396. The summed E-state index contributed by atoms with van der Waals surface area (Å²) >= 11 is 0. The predicted molar refractivity (Wildman–Crippen MR) is 121 cm³/mol. The van der Waals surface area contributed by atoms with Crippen molar-refractivity contribution in [1.29, 1.82) is 0 Å². The normalized spacial score (nSPS) is 23.6. The molecular weight excluding hydrogens is 420 g/mol. The van der Waals surface area contributed by atoms with Crippen LogP contribution in [0.2, 0.25) is 0 Å². The Morgan fingerprint density at radius 1 is 1.09 bits per heavy atom. The van der Waals surface area contributed by atoms with Crippen LogP contribution in [0.4, 0.5) is 4.79 Å². The van der Waals surface area contributed by atoms with Gasteiger partial charge < -0.3 is 10.2 Å². The Labute approximate surface area is 192 Å². The van der Waals surface area contributed by atoms with Crippen LogP contribution in [-0.2, 0) is 20.8 Å². The summed E-state index contributed by atoms with van der Waals surface area (Å²) in [5.74, 6) is -1.78. The molecule has 2 heterocycles. The molecule has 5 amide bonds. The van der Waals surface area contributed by atoms with Crippen molar-refractivity contribution in [3.8, 4) is 0 Å². The monoisotopic (exact) mass is 448 g/mol. The van der Waals surface area contributed by atoms with E-state index in [9.17, 15) is 19.2 Å². The number of hydrogen-bond donors (Lipinski definition) is 2. The predicted octanol–water partition coefficient (Wildman–Crippen LogP) is 2.57. The first kappa shape index (κ1) is 22.5. The Morgan fingerprint density at radius 3 is 2.39 bits per heavy atom. The van der Waals surface area contributed by atoms with Crippen LogP contribution in [0.15, 0.2) is 60.7 Å². The Morgan fingerprint density at radius 2 is 1.73 bits per heavy atom. The lowest BCUT2D eigenvalue weighted by Gasteiger charge is -2.25. The smallest absolute Gasteiger partial charge is 0.335 e. The standard InChI is InChI=1S/C25H28N4O4/c1-17(19-11-7-4-8-12-19)28-16-20(15-21(28)30)22(31)27-29-23(32)25(2,26-24(29)33)14-13-18-9-5-3-6-10-18/h3-12,17,20H,13-16H2,1-2H3,(H,26,33)(H,27,31)/t17-,20+,25-/m1/s1. The van der Waals surface area contributed by atoms with Crippen molar-refractivity contribution in [2.24, 2.45) is 5.92 Å². The Hall–Kier alpha value is -3.68. The van der Waals surface area contributed by atoms with Crippen molar-refractivity contribution >= 4 is 23.8 Å². The largest absolute Gasteiger partial charge is 0.344 e. The lowest BCUT2D eigenvalue weighted by molar-refractivity contribution is -0.140. The molecule has 8 nitrogen and oxygen atoms in total. The zero-order chi connectivity index (χ0) is 23.6. The maximum Gasteiger partial charge on any atom is 0.344 e. The van der Waals surface area contributed by atoms with Gasteiger partial charge in [-0.2, -0.15) is 5.01 Å². The minimum Gasteiger partial charge on any atom is -0.335 e. The van der Waals surface area contributed by atoms with E-state index in [1.165, 1.54) is 0 Å². The minimum atomic E-state index is -1.11. The zero-order valence-corrected chi connectivity index (χ0v) is 18.8. The van der Waals surface area contributed by atoms with E-state index >= 15 is 0 Å². The molecule has 2 aromatic carbocycles. The van der Waals surface area contributed by atoms with Gasteiger partial charge in [-0.25, -0.2) is 4.79 Å². The number of nitrogens with one attached hydrogen (secondary N) is 2.